The van der Waals surface area contributed by atoms with Gasteiger partial charge in [-0.15, -0.1) is 0 Å². The van der Waals surface area contributed by atoms with Crippen LogP contribution in [0.2, 0.25) is 0 Å². The van der Waals surface area contributed by atoms with Gasteiger partial charge >= 0.3 is 0 Å². The summed E-state index contributed by atoms with van der Waals surface area (Å²) in [5.41, 5.74) is 6.75. The van der Waals surface area contributed by atoms with E-state index in [1.54, 1.807) is 0 Å². The number of aryl methyl sites for hydroxylation is 5. The lowest BCUT2D eigenvalue weighted by Gasteiger charge is -2.24. The van der Waals surface area contributed by atoms with Gasteiger partial charge in [-0.3, -0.25) is 0 Å². The number of hydrogen-bond donors (Lipinski definition) is 2. The van der Waals surface area contributed by atoms with E-state index < -0.39 is 16.7 Å². The first-order valence-corrected chi connectivity index (χ1v) is 13.7. The molecular weight excluding hydrogens is 379 g/mol. The molecule has 0 aromatic heterocycles. The minimum Gasteiger partial charge on any atom is -0.507 e. The molecular formula is C24H29O2PSi. The van der Waals surface area contributed by atoms with Crippen molar-refractivity contribution in [1.82, 2.24) is 0 Å². The standard InChI is InChI=1S/C24H29O2PSi/c1-14-10-17(4)23(25)20(12-14)27(21-13-15(2)11-18(5)24(21)26)28-22-9-7-8-16(3)19(22)6/h7-13,25-26H,28H2,1-6H3. The normalized spacial score (nSPS) is 11.7. The minimum absolute atomic E-state index is 0.382. The summed E-state index contributed by atoms with van der Waals surface area (Å²) in [4.78, 5) is 0. The van der Waals surface area contributed by atoms with E-state index in [-0.39, 0.29) is 0 Å². The zero-order valence-corrected chi connectivity index (χ0v) is 19.9. The fourth-order valence-corrected chi connectivity index (χ4v) is 11.5. The molecule has 28 heavy (non-hydrogen) atoms. The highest BCUT2D eigenvalue weighted by Crippen LogP contribution is 2.40. The van der Waals surface area contributed by atoms with Crippen LogP contribution in [0.1, 0.15) is 33.4 Å². The maximum absolute atomic E-state index is 10.9. The Labute approximate surface area is 171 Å². The molecule has 0 aliphatic rings. The van der Waals surface area contributed by atoms with E-state index in [0.717, 1.165) is 32.9 Å². The summed E-state index contributed by atoms with van der Waals surface area (Å²) < 4.78 is 0. The lowest BCUT2D eigenvalue weighted by atomic mass is 10.1. The molecule has 0 atom stereocenters. The molecule has 0 aliphatic carbocycles. The quantitative estimate of drug-likeness (QED) is 0.509. The molecule has 0 radical (unpaired) electrons. The van der Waals surface area contributed by atoms with Crippen molar-refractivity contribution in [3.63, 3.8) is 0 Å². The van der Waals surface area contributed by atoms with Crippen molar-refractivity contribution in [1.29, 1.82) is 0 Å². The van der Waals surface area contributed by atoms with Crippen LogP contribution < -0.4 is 15.8 Å². The second-order valence-corrected chi connectivity index (χ2v) is 13.6. The number of phenolic OH excluding ortho intramolecular Hbond substituents is 2. The summed E-state index contributed by atoms with van der Waals surface area (Å²) in [6.07, 6.45) is 0. The van der Waals surface area contributed by atoms with Gasteiger partial charge in [0.05, 0.1) is 9.19 Å². The third kappa shape index (κ3) is 4.01. The maximum atomic E-state index is 10.9. The van der Waals surface area contributed by atoms with Gasteiger partial charge in [0.15, 0.2) is 0 Å². The fraction of sp³-hybridized carbons (Fsp3) is 0.250. The Balaban J connectivity index is 2.25. The van der Waals surface area contributed by atoms with E-state index in [4.69, 9.17) is 0 Å². The number of rotatable bonds is 4. The van der Waals surface area contributed by atoms with Crippen LogP contribution in [0.3, 0.4) is 0 Å². The van der Waals surface area contributed by atoms with Crippen LogP contribution in [0, 0.1) is 41.5 Å². The summed E-state index contributed by atoms with van der Waals surface area (Å²) in [7, 11) is -1.63. The first-order chi connectivity index (χ1) is 13.2. The molecule has 0 heterocycles. The van der Waals surface area contributed by atoms with Gasteiger partial charge in [-0.2, -0.15) is 0 Å². The Bertz CT molecular complexity index is 986. The van der Waals surface area contributed by atoms with Gasteiger partial charge in [-0.25, -0.2) is 0 Å². The molecule has 0 saturated carbocycles. The molecule has 0 unspecified atom stereocenters. The molecule has 3 aromatic rings. The van der Waals surface area contributed by atoms with E-state index in [2.05, 4.69) is 58.0 Å². The van der Waals surface area contributed by atoms with Crippen LogP contribution in [0.4, 0.5) is 0 Å². The average Bonchev–Trinajstić information content (AvgIpc) is 2.63. The zero-order valence-electron chi connectivity index (χ0n) is 17.6. The molecule has 0 amide bonds. The molecule has 0 aliphatic heterocycles. The molecule has 0 bridgehead atoms. The third-order valence-electron chi connectivity index (χ3n) is 5.48. The van der Waals surface area contributed by atoms with E-state index in [1.165, 1.54) is 16.3 Å². The predicted octanol–water partition coefficient (Wildman–Crippen LogP) is 3.79. The largest absolute Gasteiger partial charge is 0.507 e. The van der Waals surface area contributed by atoms with Crippen LogP contribution in [0.25, 0.3) is 0 Å². The Kier molecular flexibility index (Phi) is 5.97. The Morgan fingerprint density at radius 3 is 1.68 bits per heavy atom. The van der Waals surface area contributed by atoms with Crippen LogP contribution in [0.5, 0.6) is 11.5 Å². The molecule has 2 nitrogen and oxygen atoms in total. The van der Waals surface area contributed by atoms with Crippen molar-refractivity contribution in [2.24, 2.45) is 0 Å². The first kappa shape index (κ1) is 20.6. The van der Waals surface area contributed by atoms with Crippen LogP contribution >= 0.6 is 7.47 Å². The molecule has 3 aromatic carbocycles. The summed E-state index contributed by atoms with van der Waals surface area (Å²) in [6, 6.07) is 14.8. The van der Waals surface area contributed by atoms with E-state index >= 15 is 0 Å². The smallest absolute Gasteiger partial charge is 0.126 e. The number of aromatic hydroxyl groups is 2. The van der Waals surface area contributed by atoms with Crippen molar-refractivity contribution in [3.8, 4) is 11.5 Å². The molecule has 0 fully saturated rings. The summed E-state index contributed by atoms with van der Waals surface area (Å²) >= 11 is 0. The number of hydrogen-bond acceptors (Lipinski definition) is 2. The SMILES string of the molecule is Cc1cc(C)c(O)c(P([SiH2]c2cccc(C)c2C)c2cc(C)cc(C)c2O)c1. The second-order valence-electron chi connectivity index (χ2n) is 7.84. The molecule has 0 spiro atoms. The monoisotopic (exact) mass is 408 g/mol. The van der Waals surface area contributed by atoms with E-state index in [0.29, 0.717) is 11.5 Å². The molecule has 2 N–H and O–H groups in total. The third-order valence-corrected chi connectivity index (χ3v) is 12.8. The van der Waals surface area contributed by atoms with Crippen molar-refractivity contribution in [3.05, 3.63) is 75.8 Å². The second kappa shape index (κ2) is 8.11. The van der Waals surface area contributed by atoms with Crippen LogP contribution in [0.15, 0.2) is 42.5 Å². The van der Waals surface area contributed by atoms with E-state index in [1.807, 2.05) is 26.0 Å². The Morgan fingerprint density at radius 2 is 1.18 bits per heavy atom. The van der Waals surface area contributed by atoms with Gasteiger partial charge in [-0.1, -0.05) is 43.0 Å². The molecule has 146 valence electrons. The van der Waals surface area contributed by atoms with Gasteiger partial charge in [0.1, 0.15) is 11.5 Å². The Hall–Kier alpha value is -2.09. The van der Waals surface area contributed by atoms with Crippen LogP contribution in [-0.4, -0.2) is 19.4 Å². The summed E-state index contributed by atoms with van der Waals surface area (Å²) in [6.45, 7) is 12.4. The lowest BCUT2D eigenvalue weighted by molar-refractivity contribution is 0.475. The molecule has 0 saturated heterocycles. The zero-order chi connectivity index (χ0) is 20.6. The van der Waals surface area contributed by atoms with Gasteiger partial charge in [-0.05, 0) is 87.1 Å². The summed E-state index contributed by atoms with van der Waals surface area (Å²) in [5, 5.41) is 25.3. The topological polar surface area (TPSA) is 40.5 Å². The predicted molar refractivity (Wildman–Crippen MR) is 125 cm³/mol. The van der Waals surface area contributed by atoms with Gasteiger partial charge < -0.3 is 10.2 Å². The van der Waals surface area contributed by atoms with E-state index in [9.17, 15) is 10.2 Å². The average molecular weight is 409 g/mol. The van der Waals surface area contributed by atoms with Crippen molar-refractivity contribution < 1.29 is 10.2 Å². The highest BCUT2D eigenvalue weighted by molar-refractivity contribution is 7.99. The lowest BCUT2D eigenvalue weighted by Crippen LogP contribution is -2.27. The fourth-order valence-electron chi connectivity index (χ4n) is 3.74. The van der Waals surface area contributed by atoms with Crippen molar-refractivity contribution >= 4 is 32.5 Å². The van der Waals surface area contributed by atoms with Crippen molar-refractivity contribution in [2.45, 2.75) is 41.5 Å². The van der Waals surface area contributed by atoms with Gasteiger partial charge in [0.2, 0.25) is 0 Å². The van der Waals surface area contributed by atoms with Gasteiger partial charge in [0.25, 0.3) is 0 Å². The number of benzene rings is 3. The first-order valence-electron chi connectivity index (χ1n) is 9.62. The highest BCUT2D eigenvalue weighted by Gasteiger charge is 2.24. The summed E-state index contributed by atoms with van der Waals surface area (Å²) in [5.74, 6) is 0.765. The Morgan fingerprint density at radius 1 is 0.679 bits per heavy atom. The number of phenols is 2. The van der Waals surface area contributed by atoms with Gasteiger partial charge in [0, 0.05) is 10.6 Å². The highest BCUT2D eigenvalue weighted by atomic mass is 31.4. The molecule has 4 heteroatoms. The van der Waals surface area contributed by atoms with Crippen LogP contribution in [-0.2, 0) is 0 Å². The minimum atomic E-state index is -0.823. The molecule has 3 rings (SSSR count). The maximum Gasteiger partial charge on any atom is 0.126 e. The van der Waals surface area contributed by atoms with Crippen molar-refractivity contribution in [2.75, 3.05) is 0 Å².